The van der Waals surface area contributed by atoms with E-state index in [1.807, 2.05) is 24.3 Å². The van der Waals surface area contributed by atoms with E-state index in [9.17, 15) is 9.90 Å². The highest BCUT2D eigenvalue weighted by atomic mass is 16.5. The van der Waals surface area contributed by atoms with Crippen LogP contribution in [-0.2, 0) is 0 Å². The Bertz CT molecular complexity index is 793. The first-order chi connectivity index (χ1) is 9.70. The Kier molecular flexibility index (Phi) is 2.87. The summed E-state index contributed by atoms with van der Waals surface area (Å²) in [4.78, 5) is 18.4. The van der Waals surface area contributed by atoms with Gasteiger partial charge in [0.2, 0.25) is 5.88 Å². The van der Waals surface area contributed by atoms with Crippen molar-refractivity contribution >= 4 is 16.9 Å². The molecule has 5 nitrogen and oxygen atoms in total. The number of aromatic carboxylic acids is 1. The molecule has 0 aliphatic heterocycles. The normalized spacial score (nSPS) is 10.7. The van der Waals surface area contributed by atoms with E-state index in [2.05, 4.69) is 9.97 Å². The smallest absolute Gasteiger partial charge is 0.352 e. The average Bonchev–Trinajstić information content (AvgIpc) is 2.87. The van der Waals surface area contributed by atoms with Gasteiger partial charge in [0.25, 0.3) is 0 Å². The van der Waals surface area contributed by atoms with Crippen molar-refractivity contribution in [3.8, 4) is 17.0 Å². The van der Waals surface area contributed by atoms with Gasteiger partial charge in [-0.25, -0.2) is 9.78 Å². The number of para-hydroxylation sites is 1. The second kappa shape index (κ2) is 4.70. The van der Waals surface area contributed by atoms with Crippen LogP contribution in [0.3, 0.4) is 0 Å². The topological polar surface area (TPSA) is 75.2 Å². The van der Waals surface area contributed by atoms with Crippen LogP contribution in [0.15, 0.2) is 42.6 Å². The third-order valence-corrected chi connectivity index (χ3v) is 3.15. The lowest BCUT2D eigenvalue weighted by Crippen LogP contribution is -1.99. The molecule has 0 unspecified atom stereocenters. The Balaban J connectivity index is 2.32. The zero-order valence-electron chi connectivity index (χ0n) is 10.8. The summed E-state index contributed by atoms with van der Waals surface area (Å²) in [5.41, 5.74) is 2.36. The lowest BCUT2D eigenvalue weighted by Gasteiger charge is -2.04. The van der Waals surface area contributed by atoms with Gasteiger partial charge in [-0.15, -0.1) is 0 Å². The van der Waals surface area contributed by atoms with Gasteiger partial charge in [0, 0.05) is 28.7 Å². The number of rotatable bonds is 3. The summed E-state index contributed by atoms with van der Waals surface area (Å²) in [5.74, 6) is -0.545. The molecule has 2 heterocycles. The quantitative estimate of drug-likeness (QED) is 0.765. The van der Waals surface area contributed by atoms with Crippen LogP contribution in [0, 0.1) is 0 Å². The first-order valence-corrected chi connectivity index (χ1v) is 6.05. The molecule has 0 radical (unpaired) electrons. The first kappa shape index (κ1) is 12.2. The number of H-pyrrole nitrogens is 1. The van der Waals surface area contributed by atoms with E-state index in [1.165, 1.54) is 7.11 Å². The molecule has 0 bridgehead atoms. The number of carboxylic acids is 1. The van der Waals surface area contributed by atoms with Gasteiger partial charge in [-0.2, -0.15) is 0 Å². The van der Waals surface area contributed by atoms with Crippen molar-refractivity contribution in [2.45, 2.75) is 0 Å². The summed E-state index contributed by atoms with van der Waals surface area (Å²) in [5, 5.41) is 10.2. The molecule has 1 aromatic carbocycles. The van der Waals surface area contributed by atoms with Crippen molar-refractivity contribution in [3.05, 3.63) is 48.3 Å². The zero-order valence-corrected chi connectivity index (χ0v) is 10.8. The van der Waals surface area contributed by atoms with E-state index in [-0.39, 0.29) is 5.69 Å². The molecule has 0 aliphatic rings. The van der Waals surface area contributed by atoms with Crippen molar-refractivity contribution in [2.75, 3.05) is 7.11 Å². The molecule has 2 N–H and O–H groups in total. The first-order valence-electron chi connectivity index (χ1n) is 6.05. The van der Waals surface area contributed by atoms with E-state index < -0.39 is 5.97 Å². The lowest BCUT2D eigenvalue weighted by molar-refractivity contribution is 0.0692. The van der Waals surface area contributed by atoms with Gasteiger partial charge in [0.1, 0.15) is 5.69 Å². The minimum Gasteiger partial charge on any atom is -0.481 e. The number of hydrogen-bond donors (Lipinski definition) is 2. The van der Waals surface area contributed by atoms with Crippen LogP contribution in [0.2, 0.25) is 0 Å². The molecule has 0 spiro atoms. The van der Waals surface area contributed by atoms with Crippen molar-refractivity contribution in [2.24, 2.45) is 0 Å². The van der Waals surface area contributed by atoms with Crippen molar-refractivity contribution in [1.29, 1.82) is 0 Å². The highest BCUT2D eigenvalue weighted by molar-refractivity contribution is 6.07. The van der Waals surface area contributed by atoms with E-state index in [4.69, 9.17) is 4.74 Å². The van der Waals surface area contributed by atoms with Crippen LogP contribution < -0.4 is 4.74 Å². The monoisotopic (exact) mass is 268 g/mol. The number of ether oxygens (including phenoxy) is 1. The van der Waals surface area contributed by atoms with Crippen molar-refractivity contribution in [3.63, 3.8) is 0 Å². The Morgan fingerprint density at radius 3 is 2.85 bits per heavy atom. The van der Waals surface area contributed by atoms with Gasteiger partial charge in [0.15, 0.2) is 0 Å². The number of aromatic amines is 1. The molecule has 100 valence electrons. The van der Waals surface area contributed by atoms with Crippen molar-refractivity contribution < 1.29 is 14.6 Å². The Hall–Kier alpha value is -2.82. The molecule has 0 amide bonds. The van der Waals surface area contributed by atoms with Crippen LogP contribution in [0.1, 0.15) is 10.5 Å². The van der Waals surface area contributed by atoms with Crippen LogP contribution >= 0.6 is 0 Å². The Labute approximate surface area is 114 Å². The van der Waals surface area contributed by atoms with Crippen LogP contribution in [0.5, 0.6) is 5.88 Å². The SMILES string of the molecule is COc1cc(-c2c(C(=O)O)[nH]c3ccccc23)ccn1. The maximum atomic E-state index is 11.4. The molecule has 5 heteroatoms. The number of nitrogens with zero attached hydrogens (tertiary/aromatic N) is 1. The average molecular weight is 268 g/mol. The largest absolute Gasteiger partial charge is 0.481 e. The predicted molar refractivity (Wildman–Crippen MR) is 75.0 cm³/mol. The van der Waals surface area contributed by atoms with E-state index in [0.717, 1.165) is 16.5 Å². The molecule has 3 rings (SSSR count). The molecule has 0 saturated heterocycles. The summed E-state index contributed by atoms with van der Waals surface area (Å²) in [6.45, 7) is 0. The van der Waals surface area contributed by atoms with Gasteiger partial charge in [-0.3, -0.25) is 0 Å². The molecule has 0 fully saturated rings. The third kappa shape index (κ3) is 1.89. The number of fused-ring (bicyclic) bond motifs is 1. The fourth-order valence-electron chi connectivity index (χ4n) is 2.28. The molecule has 20 heavy (non-hydrogen) atoms. The summed E-state index contributed by atoms with van der Waals surface area (Å²) >= 11 is 0. The van der Waals surface area contributed by atoms with Gasteiger partial charge in [-0.1, -0.05) is 18.2 Å². The predicted octanol–water partition coefficient (Wildman–Crippen LogP) is 2.94. The van der Waals surface area contributed by atoms with Crippen LogP contribution in [-0.4, -0.2) is 28.2 Å². The summed E-state index contributed by atoms with van der Waals surface area (Å²) in [7, 11) is 1.53. The fraction of sp³-hybridized carbons (Fsp3) is 0.0667. The van der Waals surface area contributed by atoms with E-state index in [1.54, 1.807) is 18.3 Å². The highest BCUT2D eigenvalue weighted by Crippen LogP contribution is 2.33. The molecule has 2 aromatic heterocycles. The number of methoxy groups -OCH3 is 1. The number of carboxylic acid groups (broad SMARTS) is 1. The summed E-state index contributed by atoms with van der Waals surface area (Å²) in [6.07, 6.45) is 1.60. The number of carbonyl (C=O) groups is 1. The van der Waals surface area contributed by atoms with Gasteiger partial charge >= 0.3 is 5.97 Å². The van der Waals surface area contributed by atoms with Gasteiger partial charge in [-0.05, 0) is 17.7 Å². The van der Waals surface area contributed by atoms with Crippen LogP contribution in [0.4, 0.5) is 0 Å². The fourth-order valence-corrected chi connectivity index (χ4v) is 2.28. The Morgan fingerprint density at radius 2 is 2.10 bits per heavy atom. The summed E-state index contributed by atoms with van der Waals surface area (Å²) < 4.78 is 5.10. The molecule has 0 atom stereocenters. The molecule has 0 saturated carbocycles. The second-order valence-corrected chi connectivity index (χ2v) is 4.31. The van der Waals surface area contributed by atoms with E-state index >= 15 is 0 Å². The van der Waals surface area contributed by atoms with Crippen LogP contribution in [0.25, 0.3) is 22.0 Å². The molecule has 0 aliphatic carbocycles. The number of nitrogens with one attached hydrogen (secondary N) is 1. The standard InChI is InChI=1S/C15H12N2O3/c1-20-12-8-9(6-7-16-12)13-10-4-2-3-5-11(10)17-14(13)15(18)19/h2-8,17H,1H3,(H,18,19). The Morgan fingerprint density at radius 1 is 1.30 bits per heavy atom. The third-order valence-electron chi connectivity index (χ3n) is 3.15. The molecular formula is C15H12N2O3. The lowest BCUT2D eigenvalue weighted by atomic mass is 10.0. The van der Waals surface area contributed by atoms with Gasteiger partial charge in [0.05, 0.1) is 7.11 Å². The maximum Gasteiger partial charge on any atom is 0.352 e. The number of benzene rings is 1. The highest BCUT2D eigenvalue weighted by Gasteiger charge is 2.18. The number of hydrogen-bond acceptors (Lipinski definition) is 3. The minimum atomic E-state index is -0.994. The van der Waals surface area contributed by atoms with Gasteiger partial charge < -0.3 is 14.8 Å². The maximum absolute atomic E-state index is 11.4. The molecule has 3 aromatic rings. The zero-order chi connectivity index (χ0) is 14.1. The molecular weight excluding hydrogens is 256 g/mol. The second-order valence-electron chi connectivity index (χ2n) is 4.31. The van der Waals surface area contributed by atoms with E-state index in [0.29, 0.717) is 11.4 Å². The minimum absolute atomic E-state index is 0.166. The number of pyridine rings is 1. The number of aromatic nitrogens is 2. The van der Waals surface area contributed by atoms with Crippen molar-refractivity contribution in [1.82, 2.24) is 9.97 Å². The summed E-state index contributed by atoms with van der Waals surface area (Å²) in [6, 6.07) is 11.0.